The Balaban J connectivity index is 1.75. The highest BCUT2D eigenvalue weighted by molar-refractivity contribution is 5.68. The molecule has 2 aromatic rings. The highest BCUT2D eigenvalue weighted by atomic mass is 16.5. The molecular weight excluding hydrogens is 370 g/mol. The Morgan fingerprint density at radius 2 is 1.79 bits per heavy atom. The lowest BCUT2D eigenvalue weighted by atomic mass is 9.84. The SMILES string of the molecule is COC(=O)N1Cc2nnc(-c3ccc(OC)cc3)n2C2(CCN(C(C)C)CC2)C1. The van der Waals surface area contributed by atoms with Gasteiger partial charge >= 0.3 is 6.09 Å². The molecule has 0 saturated carbocycles. The van der Waals surface area contributed by atoms with Gasteiger partial charge in [-0.25, -0.2) is 4.79 Å². The first kappa shape index (κ1) is 19.7. The van der Waals surface area contributed by atoms with Crippen molar-refractivity contribution in [1.29, 1.82) is 0 Å². The Morgan fingerprint density at radius 1 is 1.10 bits per heavy atom. The van der Waals surface area contributed by atoms with Crippen LogP contribution in [0.15, 0.2) is 24.3 Å². The van der Waals surface area contributed by atoms with Crippen molar-refractivity contribution in [2.75, 3.05) is 33.9 Å². The maximum Gasteiger partial charge on any atom is 0.409 e. The summed E-state index contributed by atoms with van der Waals surface area (Å²) < 4.78 is 12.6. The third kappa shape index (κ3) is 3.46. The average molecular weight is 399 g/mol. The van der Waals surface area contributed by atoms with Gasteiger partial charge in [-0.2, -0.15) is 0 Å². The molecule has 3 heterocycles. The molecule has 0 N–H and O–H groups in total. The van der Waals surface area contributed by atoms with Crippen molar-refractivity contribution in [2.45, 2.75) is 44.8 Å². The number of carbonyl (C=O) groups excluding carboxylic acids is 1. The van der Waals surface area contributed by atoms with Crippen LogP contribution in [0, 0.1) is 0 Å². The standard InChI is InChI=1S/C21H29N5O3/c1-15(2)24-11-9-21(10-12-24)14-25(20(27)29-4)13-18-22-23-19(26(18)21)16-5-7-17(28-3)8-6-16/h5-8,15H,9-14H2,1-4H3. The Bertz CT molecular complexity index is 869. The van der Waals surface area contributed by atoms with Gasteiger partial charge in [-0.15, -0.1) is 10.2 Å². The average Bonchev–Trinajstić information content (AvgIpc) is 3.18. The Kier molecular flexibility index (Phi) is 5.21. The summed E-state index contributed by atoms with van der Waals surface area (Å²) >= 11 is 0. The zero-order valence-electron chi connectivity index (χ0n) is 17.6. The number of amides is 1. The van der Waals surface area contributed by atoms with E-state index < -0.39 is 0 Å². The summed E-state index contributed by atoms with van der Waals surface area (Å²) in [6, 6.07) is 8.41. The number of methoxy groups -OCH3 is 2. The number of carbonyl (C=O) groups is 1. The number of piperidine rings is 1. The minimum absolute atomic E-state index is 0.230. The quantitative estimate of drug-likeness (QED) is 0.790. The van der Waals surface area contributed by atoms with Gasteiger partial charge < -0.3 is 18.9 Å². The third-order valence-electron chi connectivity index (χ3n) is 6.26. The first-order valence-electron chi connectivity index (χ1n) is 10.1. The molecule has 8 nitrogen and oxygen atoms in total. The zero-order chi connectivity index (χ0) is 20.6. The summed E-state index contributed by atoms with van der Waals surface area (Å²) in [5.41, 5.74) is 0.771. The summed E-state index contributed by atoms with van der Waals surface area (Å²) in [4.78, 5) is 16.6. The summed E-state index contributed by atoms with van der Waals surface area (Å²) in [5, 5.41) is 8.99. The lowest BCUT2D eigenvalue weighted by Crippen LogP contribution is -2.57. The van der Waals surface area contributed by atoms with E-state index in [9.17, 15) is 4.79 Å². The van der Waals surface area contributed by atoms with Crippen LogP contribution in [0.2, 0.25) is 0 Å². The van der Waals surface area contributed by atoms with E-state index in [0.29, 0.717) is 19.1 Å². The van der Waals surface area contributed by atoms with Crippen LogP contribution in [-0.4, -0.2) is 70.6 Å². The molecule has 2 aliphatic rings. The number of rotatable bonds is 3. The van der Waals surface area contributed by atoms with Gasteiger partial charge in [0, 0.05) is 31.2 Å². The monoisotopic (exact) mass is 399 g/mol. The number of hydrogen-bond acceptors (Lipinski definition) is 6. The van der Waals surface area contributed by atoms with Gasteiger partial charge in [-0.3, -0.25) is 4.90 Å². The molecule has 1 aromatic heterocycles. The van der Waals surface area contributed by atoms with E-state index in [1.165, 1.54) is 7.11 Å². The van der Waals surface area contributed by atoms with E-state index in [2.05, 4.69) is 33.5 Å². The van der Waals surface area contributed by atoms with Crippen LogP contribution in [0.3, 0.4) is 0 Å². The van der Waals surface area contributed by atoms with Crippen molar-refractivity contribution in [3.8, 4) is 17.1 Å². The molecule has 1 saturated heterocycles. The van der Waals surface area contributed by atoms with Gasteiger partial charge in [0.25, 0.3) is 0 Å². The molecule has 1 aromatic carbocycles. The second-order valence-electron chi connectivity index (χ2n) is 8.18. The molecule has 0 radical (unpaired) electrons. The van der Waals surface area contributed by atoms with Gasteiger partial charge in [0.15, 0.2) is 11.6 Å². The number of nitrogens with zero attached hydrogens (tertiary/aromatic N) is 5. The molecule has 0 atom stereocenters. The lowest BCUT2D eigenvalue weighted by Gasteiger charge is -2.49. The molecule has 1 fully saturated rings. The number of fused-ring (bicyclic) bond motifs is 2. The van der Waals surface area contributed by atoms with Gasteiger partial charge in [-0.1, -0.05) is 0 Å². The van der Waals surface area contributed by atoms with Crippen LogP contribution in [-0.2, 0) is 16.8 Å². The van der Waals surface area contributed by atoms with Crippen molar-refractivity contribution in [2.24, 2.45) is 0 Å². The normalized spacial score (nSPS) is 18.7. The molecular formula is C21H29N5O3. The maximum atomic E-state index is 12.3. The van der Waals surface area contributed by atoms with E-state index in [1.54, 1.807) is 12.0 Å². The van der Waals surface area contributed by atoms with E-state index in [1.807, 2.05) is 24.3 Å². The number of likely N-dealkylation sites (tertiary alicyclic amines) is 1. The summed E-state index contributed by atoms with van der Waals surface area (Å²) in [6.45, 7) is 7.43. The van der Waals surface area contributed by atoms with Crippen molar-refractivity contribution in [3.63, 3.8) is 0 Å². The van der Waals surface area contributed by atoms with Crippen LogP contribution < -0.4 is 4.74 Å². The van der Waals surface area contributed by atoms with Crippen LogP contribution in [0.25, 0.3) is 11.4 Å². The summed E-state index contributed by atoms with van der Waals surface area (Å²) in [7, 11) is 3.09. The maximum absolute atomic E-state index is 12.3. The largest absolute Gasteiger partial charge is 0.497 e. The van der Waals surface area contributed by atoms with Gasteiger partial charge in [0.1, 0.15) is 5.75 Å². The smallest absolute Gasteiger partial charge is 0.409 e. The third-order valence-corrected chi connectivity index (χ3v) is 6.26. The van der Waals surface area contributed by atoms with Crippen LogP contribution in [0.1, 0.15) is 32.5 Å². The predicted octanol–water partition coefficient (Wildman–Crippen LogP) is 2.74. The topological polar surface area (TPSA) is 72.7 Å². The van der Waals surface area contributed by atoms with Crippen LogP contribution in [0.4, 0.5) is 4.79 Å². The van der Waals surface area contributed by atoms with Gasteiger partial charge in [-0.05, 0) is 51.0 Å². The van der Waals surface area contributed by atoms with E-state index >= 15 is 0 Å². The number of hydrogen-bond donors (Lipinski definition) is 0. The van der Waals surface area contributed by atoms with E-state index in [-0.39, 0.29) is 11.6 Å². The number of benzene rings is 1. The van der Waals surface area contributed by atoms with Crippen molar-refractivity contribution in [1.82, 2.24) is 24.6 Å². The molecule has 156 valence electrons. The lowest BCUT2D eigenvalue weighted by molar-refractivity contribution is 0.0285. The molecule has 29 heavy (non-hydrogen) atoms. The minimum atomic E-state index is -0.309. The molecule has 8 heteroatoms. The molecule has 0 bridgehead atoms. The molecule has 0 aliphatic carbocycles. The van der Waals surface area contributed by atoms with Gasteiger partial charge in [0.05, 0.1) is 26.3 Å². The zero-order valence-corrected chi connectivity index (χ0v) is 17.6. The van der Waals surface area contributed by atoms with Crippen LogP contribution in [0.5, 0.6) is 5.75 Å². The summed E-state index contributed by atoms with van der Waals surface area (Å²) in [6.07, 6.45) is 1.57. The number of aromatic nitrogens is 3. The fraction of sp³-hybridized carbons (Fsp3) is 0.571. The number of ether oxygens (including phenoxy) is 2. The van der Waals surface area contributed by atoms with E-state index in [0.717, 1.165) is 48.9 Å². The Hall–Kier alpha value is -2.61. The molecule has 0 unspecified atom stereocenters. The highest BCUT2D eigenvalue weighted by Crippen LogP contribution is 2.40. The fourth-order valence-corrected chi connectivity index (χ4v) is 4.59. The van der Waals surface area contributed by atoms with Gasteiger partial charge in [0.2, 0.25) is 0 Å². The predicted molar refractivity (Wildman–Crippen MR) is 109 cm³/mol. The molecule has 1 spiro atoms. The second-order valence-corrected chi connectivity index (χ2v) is 8.18. The van der Waals surface area contributed by atoms with Crippen molar-refractivity contribution < 1.29 is 14.3 Å². The molecule has 2 aliphatic heterocycles. The fourth-order valence-electron chi connectivity index (χ4n) is 4.59. The Labute approximate surface area is 171 Å². The minimum Gasteiger partial charge on any atom is -0.497 e. The van der Waals surface area contributed by atoms with Crippen LogP contribution >= 0.6 is 0 Å². The molecule has 4 rings (SSSR count). The molecule has 1 amide bonds. The van der Waals surface area contributed by atoms with Crippen molar-refractivity contribution >= 4 is 6.09 Å². The summed E-state index contributed by atoms with van der Waals surface area (Å²) in [5.74, 6) is 2.47. The highest BCUT2D eigenvalue weighted by Gasteiger charge is 2.46. The first-order chi connectivity index (χ1) is 14.0. The van der Waals surface area contributed by atoms with Crippen molar-refractivity contribution in [3.05, 3.63) is 30.1 Å². The Morgan fingerprint density at radius 3 is 2.38 bits per heavy atom. The first-order valence-corrected chi connectivity index (χ1v) is 10.1. The second kappa shape index (κ2) is 7.67. The van der Waals surface area contributed by atoms with E-state index in [4.69, 9.17) is 9.47 Å².